The van der Waals surface area contributed by atoms with Gasteiger partial charge in [-0.3, -0.25) is 0 Å². The van der Waals surface area contributed by atoms with Crippen molar-refractivity contribution in [1.82, 2.24) is 0 Å². The van der Waals surface area contributed by atoms with Crippen LogP contribution in [0, 0.1) is 0 Å². The first-order valence-corrected chi connectivity index (χ1v) is 5.80. The Morgan fingerprint density at radius 1 is 1.13 bits per heavy atom. The Kier molecular flexibility index (Phi) is 3.05. The maximum Gasteiger partial charge on any atom is 0.0950 e. The second kappa shape index (κ2) is 4.31. The van der Waals surface area contributed by atoms with Gasteiger partial charge in [-0.1, -0.05) is 23.2 Å². The molecule has 0 amide bonds. The highest BCUT2D eigenvalue weighted by molar-refractivity contribution is 7.19. The van der Waals surface area contributed by atoms with Crippen molar-refractivity contribution in [3.05, 3.63) is 39.7 Å². The van der Waals surface area contributed by atoms with Gasteiger partial charge in [-0.25, -0.2) is 0 Å². The average Bonchev–Trinajstić information content (AvgIpc) is 2.58. The first-order chi connectivity index (χ1) is 7.15. The van der Waals surface area contributed by atoms with Crippen molar-refractivity contribution >= 4 is 50.9 Å². The monoisotopic (exact) mass is 258 g/mol. The van der Waals surface area contributed by atoms with Crippen LogP contribution in [0.5, 0.6) is 0 Å². The van der Waals surface area contributed by atoms with Crippen LogP contribution in [0.4, 0.5) is 16.4 Å². The number of hydrogen-bond donors (Lipinski definition) is 2. The number of nitrogens with two attached hydrogens (primary N) is 1. The van der Waals surface area contributed by atoms with E-state index in [9.17, 15) is 0 Å². The van der Waals surface area contributed by atoms with Crippen LogP contribution in [0.25, 0.3) is 0 Å². The maximum atomic E-state index is 5.87. The minimum Gasteiger partial charge on any atom is -0.397 e. The summed E-state index contributed by atoms with van der Waals surface area (Å²) in [5.41, 5.74) is 7.24. The second-order valence-electron chi connectivity index (χ2n) is 2.96. The van der Waals surface area contributed by atoms with E-state index in [1.165, 1.54) is 11.3 Å². The summed E-state index contributed by atoms with van der Waals surface area (Å²) in [5, 5.41) is 4.74. The second-order valence-corrected chi connectivity index (χ2v) is 5.11. The fraction of sp³-hybridized carbons (Fsp3) is 0. The lowest BCUT2D eigenvalue weighted by molar-refractivity contribution is 1.60. The molecule has 0 fully saturated rings. The fourth-order valence-electron chi connectivity index (χ4n) is 1.15. The number of thiophene rings is 1. The highest BCUT2D eigenvalue weighted by Gasteiger charge is 2.02. The number of anilines is 3. The Hall–Kier alpha value is -0.900. The summed E-state index contributed by atoms with van der Waals surface area (Å²) in [6.45, 7) is 0. The zero-order chi connectivity index (χ0) is 10.8. The number of rotatable bonds is 2. The quantitative estimate of drug-likeness (QED) is 0.785. The first kappa shape index (κ1) is 10.6. The number of halogens is 2. The van der Waals surface area contributed by atoms with E-state index in [0.717, 1.165) is 15.0 Å². The molecule has 0 radical (unpaired) electrons. The van der Waals surface area contributed by atoms with Gasteiger partial charge in [0.1, 0.15) is 0 Å². The molecule has 1 heterocycles. The zero-order valence-corrected chi connectivity index (χ0v) is 9.96. The Labute approximate surface area is 102 Å². The molecule has 5 heteroatoms. The minimum atomic E-state index is 0.648. The smallest absolute Gasteiger partial charge is 0.0950 e. The largest absolute Gasteiger partial charge is 0.397 e. The van der Waals surface area contributed by atoms with Crippen molar-refractivity contribution in [3.8, 4) is 0 Å². The Morgan fingerprint density at radius 3 is 2.60 bits per heavy atom. The maximum absolute atomic E-state index is 5.87. The van der Waals surface area contributed by atoms with Crippen LogP contribution < -0.4 is 11.1 Å². The molecular weight excluding hydrogens is 251 g/mol. The van der Waals surface area contributed by atoms with Gasteiger partial charge in [0, 0.05) is 5.02 Å². The predicted molar refractivity (Wildman–Crippen MR) is 68.5 cm³/mol. The van der Waals surface area contributed by atoms with E-state index < -0.39 is 0 Å². The molecule has 2 nitrogen and oxygen atoms in total. The van der Waals surface area contributed by atoms with Gasteiger partial charge in [0.15, 0.2) is 0 Å². The molecule has 0 atom stereocenters. The molecule has 15 heavy (non-hydrogen) atoms. The van der Waals surface area contributed by atoms with Crippen LogP contribution in [-0.2, 0) is 0 Å². The summed E-state index contributed by atoms with van der Waals surface area (Å²) in [5.74, 6) is 0. The third kappa shape index (κ3) is 2.56. The molecule has 0 unspecified atom stereocenters. The third-order valence-electron chi connectivity index (χ3n) is 1.85. The molecule has 3 N–H and O–H groups in total. The van der Waals surface area contributed by atoms with Gasteiger partial charge in [0.25, 0.3) is 0 Å². The van der Waals surface area contributed by atoms with Crippen molar-refractivity contribution in [2.45, 2.75) is 0 Å². The van der Waals surface area contributed by atoms with Gasteiger partial charge in [-0.05, 0) is 30.3 Å². The van der Waals surface area contributed by atoms with Crippen molar-refractivity contribution in [2.24, 2.45) is 0 Å². The third-order valence-corrected chi connectivity index (χ3v) is 3.23. The fourth-order valence-corrected chi connectivity index (χ4v) is 2.28. The van der Waals surface area contributed by atoms with Crippen LogP contribution in [0.1, 0.15) is 0 Å². The zero-order valence-electron chi connectivity index (χ0n) is 7.63. The van der Waals surface area contributed by atoms with E-state index in [2.05, 4.69) is 5.32 Å². The van der Waals surface area contributed by atoms with E-state index in [1.807, 2.05) is 12.1 Å². The van der Waals surface area contributed by atoms with Crippen LogP contribution >= 0.6 is 34.5 Å². The van der Waals surface area contributed by atoms with Crippen molar-refractivity contribution in [2.75, 3.05) is 11.1 Å². The lowest BCUT2D eigenvalue weighted by Crippen LogP contribution is -1.94. The van der Waals surface area contributed by atoms with E-state index >= 15 is 0 Å². The van der Waals surface area contributed by atoms with Crippen LogP contribution in [0.15, 0.2) is 30.3 Å². The highest BCUT2D eigenvalue weighted by atomic mass is 35.5. The SMILES string of the molecule is Nc1ccc(Cl)cc1Nc1ccc(Cl)s1. The summed E-state index contributed by atoms with van der Waals surface area (Å²) in [7, 11) is 0. The number of nitrogens with one attached hydrogen (secondary N) is 1. The summed E-state index contributed by atoms with van der Waals surface area (Å²) >= 11 is 13.1. The van der Waals surface area contributed by atoms with Gasteiger partial charge >= 0.3 is 0 Å². The van der Waals surface area contributed by atoms with E-state index in [0.29, 0.717) is 10.7 Å². The molecule has 78 valence electrons. The molecule has 1 aromatic carbocycles. The molecule has 0 aliphatic heterocycles. The van der Waals surface area contributed by atoms with Gasteiger partial charge in [0.2, 0.25) is 0 Å². The van der Waals surface area contributed by atoms with E-state index in [-0.39, 0.29) is 0 Å². The number of hydrogen-bond acceptors (Lipinski definition) is 3. The van der Waals surface area contributed by atoms with Crippen molar-refractivity contribution in [1.29, 1.82) is 0 Å². The molecule has 0 spiro atoms. The van der Waals surface area contributed by atoms with Crippen LogP contribution in [0.3, 0.4) is 0 Å². The molecule has 2 aromatic rings. The molecule has 2 rings (SSSR count). The predicted octanol–water partition coefficient (Wildman–Crippen LogP) is 4.38. The average molecular weight is 259 g/mol. The standard InChI is InChI=1S/C10H8Cl2N2S/c11-6-1-2-7(13)8(5-6)14-10-4-3-9(12)15-10/h1-5,14H,13H2. The summed E-state index contributed by atoms with van der Waals surface area (Å²) < 4.78 is 0.734. The molecule has 0 aliphatic carbocycles. The normalized spacial score (nSPS) is 10.3. The summed E-state index contributed by atoms with van der Waals surface area (Å²) in [4.78, 5) is 0. The summed E-state index contributed by atoms with van der Waals surface area (Å²) in [6.07, 6.45) is 0. The van der Waals surface area contributed by atoms with Gasteiger partial charge in [-0.2, -0.15) is 0 Å². The molecule has 1 aromatic heterocycles. The molecular formula is C10H8Cl2N2S. The number of benzene rings is 1. The Balaban J connectivity index is 2.27. The highest BCUT2D eigenvalue weighted by Crippen LogP contribution is 2.32. The van der Waals surface area contributed by atoms with Gasteiger partial charge in [-0.15, -0.1) is 11.3 Å². The van der Waals surface area contributed by atoms with E-state index in [1.54, 1.807) is 18.2 Å². The first-order valence-electron chi connectivity index (χ1n) is 4.22. The molecule has 0 saturated heterocycles. The lowest BCUT2D eigenvalue weighted by Gasteiger charge is -2.07. The Bertz CT molecular complexity index is 482. The topological polar surface area (TPSA) is 38.0 Å². The van der Waals surface area contributed by atoms with Gasteiger partial charge < -0.3 is 11.1 Å². The van der Waals surface area contributed by atoms with Gasteiger partial charge in [0.05, 0.1) is 20.7 Å². The number of nitrogen functional groups attached to an aromatic ring is 1. The van der Waals surface area contributed by atoms with Crippen molar-refractivity contribution in [3.63, 3.8) is 0 Å². The molecule has 0 saturated carbocycles. The van der Waals surface area contributed by atoms with Crippen LogP contribution in [0.2, 0.25) is 9.36 Å². The molecule has 0 bridgehead atoms. The van der Waals surface area contributed by atoms with E-state index in [4.69, 9.17) is 28.9 Å². The minimum absolute atomic E-state index is 0.648. The van der Waals surface area contributed by atoms with Crippen molar-refractivity contribution < 1.29 is 0 Å². The Morgan fingerprint density at radius 2 is 1.93 bits per heavy atom. The summed E-state index contributed by atoms with van der Waals surface area (Å²) in [6, 6.07) is 9.02. The van der Waals surface area contributed by atoms with Crippen LogP contribution in [-0.4, -0.2) is 0 Å². The lowest BCUT2D eigenvalue weighted by atomic mass is 10.3. The molecule has 0 aliphatic rings.